The van der Waals surface area contributed by atoms with E-state index in [1.165, 1.54) is 17.4 Å². The first kappa shape index (κ1) is 16.3. The molecule has 0 unspecified atom stereocenters. The lowest BCUT2D eigenvalue weighted by Crippen LogP contribution is -2.14. The van der Waals surface area contributed by atoms with Gasteiger partial charge in [-0.3, -0.25) is 4.72 Å². The van der Waals surface area contributed by atoms with Gasteiger partial charge in [-0.05, 0) is 46.5 Å². The minimum atomic E-state index is -3.79. The Bertz CT molecular complexity index is 759. The quantitative estimate of drug-likeness (QED) is 0.816. The van der Waals surface area contributed by atoms with Crippen molar-refractivity contribution in [3.8, 4) is 0 Å². The van der Waals surface area contributed by atoms with E-state index >= 15 is 0 Å². The Morgan fingerprint density at radius 2 is 2.10 bits per heavy atom. The summed E-state index contributed by atoms with van der Waals surface area (Å²) in [7, 11) is -3.79. The van der Waals surface area contributed by atoms with Gasteiger partial charge in [0.05, 0.1) is 6.61 Å². The molecule has 0 atom stereocenters. The highest BCUT2D eigenvalue weighted by Crippen LogP contribution is 2.29. The van der Waals surface area contributed by atoms with Crippen molar-refractivity contribution in [2.45, 2.75) is 31.8 Å². The van der Waals surface area contributed by atoms with E-state index < -0.39 is 10.0 Å². The summed E-state index contributed by atoms with van der Waals surface area (Å²) in [6.45, 7) is 3.46. The first-order valence-corrected chi connectivity index (χ1v) is 9.21. The second kappa shape index (κ2) is 6.39. The van der Waals surface area contributed by atoms with Crippen molar-refractivity contribution >= 4 is 42.4 Å². The predicted octanol–water partition coefficient (Wildman–Crippen LogP) is 2.46. The van der Waals surface area contributed by atoms with Gasteiger partial charge in [-0.1, -0.05) is 24.3 Å². The first-order valence-electron chi connectivity index (χ1n) is 6.12. The van der Waals surface area contributed by atoms with Gasteiger partial charge in [-0.15, -0.1) is 10.2 Å². The van der Waals surface area contributed by atoms with Crippen LogP contribution in [0.5, 0.6) is 0 Å². The number of sulfonamides is 1. The zero-order chi connectivity index (χ0) is 15.6. The number of aliphatic hydroxyl groups is 1. The number of benzene rings is 1. The number of aliphatic hydroxyl groups excluding tert-OH is 1. The lowest BCUT2D eigenvalue weighted by atomic mass is 10.1. The maximum atomic E-state index is 12.5. The van der Waals surface area contributed by atoms with E-state index in [-0.39, 0.29) is 16.6 Å². The smallest absolute Gasteiger partial charge is 0.264 e. The highest BCUT2D eigenvalue weighted by molar-refractivity contribution is 9.10. The van der Waals surface area contributed by atoms with Crippen LogP contribution in [0.3, 0.4) is 0 Å². The number of aryl methyl sites for hydroxylation is 2. The van der Waals surface area contributed by atoms with Gasteiger partial charge in [0.1, 0.15) is 9.90 Å². The zero-order valence-corrected chi connectivity index (χ0v) is 14.6. The summed E-state index contributed by atoms with van der Waals surface area (Å²) in [5.74, 6) is 0. The molecule has 0 aliphatic heterocycles. The molecule has 2 aromatic rings. The molecule has 0 aliphatic rings. The van der Waals surface area contributed by atoms with Gasteiger partial charge in [0.15, 0.2) is 0 Å². The summed E-state index contributed by atoms with van der Waals surface area (Å²) >= 11 is 4.48. The topological polar surface area (TPSA) is 92.2 Å². The standard InChI is InChI=1S/C12H14BrN3O3S2/c1-3-10-14-15-12(20-10)16-21(18,19)9-5-8(6-17)4-7(2)11(9)13/h4-5,17H,3,6H2,1-2H3,(H,15,16). The fraction of sp³-hybridized carbons (Fsp3) is 0.333. The molecule has 1 aromatic heterocycles. The molecule has 0 spiro atoms. The van der Waals surface area contributed by atoms with Gasteiger partial charge >= 0.3 is 0 Å². The van der Waals surface area contributed by atoms with E-state index in [0.717, 1.165) is 10.6 Å². The molecule has 2 rings (SSSR count). The number of nitrogens with one attached hydrogen (secondary N) is 1. The normalized spacial score (nSPS) is 11.6. The minimum absolute atomic E-state index is 0.0693. The Kier molecular flexibility index (Phi) is 4.97. The third-order valence-electron chi connectivity index (χ3n) is 2.74. The molecule has 0 bridgehead atoms. The van der Waals surface area contributed by atoms with Crippen molar-refractivity contribution in [2.75, 3.05) is 4.72 Å². The highest BCUT2D eigenvalue weighted by Gasteiger charge is 2.21. The van der Waals surface area contributed by atoms with Gasteiger partial charge in [0, 0.05) is 4.47 Å². The monoisotopic (exact) mass is 391 g/mol. The number of halogens is 1. The number of rotatable bonds is 5. The van der Waals surface area contributed by atoms with Crippen LogP contribution in [-0.2, 0) is 23.1 Å². The third kappa shape index (κ3) is 3.60. The summed E-state index contributed by atoms with van der Waals surface area (Å²) in [5, 5.41) is 17.9. The van der Waals surface area contributed by atoms with Gasteiger partial charge < -0.3 is 5.11 Å². The Morgan fingerprint density at radius 3 is 2.67 bits per heavy atom. The van der Waals surface area contributed by atoms with Crippen LogP contribution in [0.4, 0.5) is 5.13 Å². The van der Waals surface area contributed by atoms with Crippen LogP contribution in [0, 0.1) is 6.92 Å². The summed E-state index contributed by atoms with van der Waals surface area (Å²) in [6.07, 6.45) is 0.697. The van der Waals surface area contributed by atoms with E-state index in [4.69, 9.17) is 0 Å². The molecule has 0 saturated carbocycles. The molecule has 0 saturated heterocycles. The molecule has 0 radical (unpaired) electrons. The Morgan fingerprint density at radius 1 is 1.38 bits per heavy atom. The van der Waals surface area contributed by atoms with E-state index in [1.54, 1.807) is 13.0 Å². The van der Waals surface area contributed by atoms with Gasteiger partial charge in [-0.2, -0.15) is 0 Å². The summed E-state index contributed by atoms with van der Waals surface area (Å²) in [5.41, 5.74) is 1.26. The van der Waals surface area contributed by atoms with Crippen LogP contribution in [-0.4, -0.2) is 23.7 Å². The van der Waals surface area contributed by atoms with Crippen LogP contribution >= 0.6 is 27.3 Å². The highest BCUT2D eigenvalue weighted by atomic mass is 79.9. The third-order valence-corrected chi connectivity index (χ3v) is 6.53. The Balaban J connectivity index is 2.41. The molecular weight excluding hydrogens is 378 g/mol. The summed E-state index contributed by atoms with van der Waals surface area (Å²) in [4.78, 5) is 0.0693. The number of nitrogens with zero attached hydrogens (tertiary/aromatic N) is 2. The number of hydrogen-bond donors (Lipinski definition) is 2. The van der Waals surface area contributed by atoms with Crippen LogP contribution in [0.2, 0.25) is 0 Å². The second-order valence-electron chi connectivity index (χ2n) is 4.34. The fourth-order valence-corrected chi connectivity index (χ4v) is 4.68. The van der Waals surface area contributed by atoms with Crippen molar-refractivity contribution < 1.29 is 13.5 Å². The molecule has 21 heavy (non-hydrogen) atoms. The van der Waals surface area contributed by atoms with Gasteiger partial charge in [0.25, 0.3) is 10.0 Å². The molecule has 0 amide bonds. The molecule has 0 fully saturated rings. The maximum Gasteiger partial charge on any atom is 0.264 e. The van der Waals surface area contributed by atoms with Crippen molar-refractivity contribution in [2.24, 2.45) is 0 Å². The summed E-state index contributed by atoms with van der Waals surface area (Å²) < 4.78 is 27.8. The number of aromatic nitrogens is 2. The molecule has 9 heteroatoms. The average Bonchev–Trinajstić information content (AvgIpc) is 2.88. The predicted molar refractivity (Wildman–Crippen MR) is 84.9 cm³/mol. The Labute approximate surface area is 135 Å². The van der Waals surface area contributed by atoms with E-state index in [2.05, 4.69) is 30.8 Å². The average molecular weight is 392 g/mol. The van der Waals surface area contributed by atoms with E-state index in [1.807, 2.05) is 6.92 Å². The molecule has 1 heterocycles. The second-order valence-corrected chi connectivity index (χ2v) is 7.85. The van der Waals surface area contributed by atoms with Crippen molar-refractivity contribution in [3.05, 3.63) is 32.7 Å². The minimum Gasteiger partial charge on any atom is -0.392 e. The molecular formula is C12H14BrN3O3S2. The van der Waals surface area contributed by atoms with Crippen LogP contribution in [0.1, 0.15) is 23.1 Å². The molecule has 2 N–H and O–H groups in total. The fourth-order valence-electron chi connectivity index (χ4n) is 1.70. The lowest BCUT2D eigenvalue weighted by molar-refractivity contribution is 0.281. The van der Waals surface area contributed by atoms with Crippen molar-refractivity contribution in [1.82, 2.24) is 10.2 Å². The molecule has 6 nitrogen and oxygen atoms in total. The van der Waals surface area contributed by atoms with Gasteiger partial charge in [-0.25, -0.2) is 8.42 Å². The van der Waals surface area contributed by atoms with Crippen molar-refractivity contribution in [1.29, 1.82) is 0 Å². The molecule has 0 aliphatic carbocycles. The maximum absolute atomic E-state index is 12.5. The lowest BCUT2D eigenvalue weighted by Gasteiger charge is -2.11. The SMILES string of the molecule is CCc1nnc(NS(=O)(=O)c2cc(CO)cc(C)c2Br)s1. The largest absolute Gasteiger partial charge is 0.392 e. The summed E-state index contributed by atoms with van der Waals surface area (Å²) in [6, 6.07) is 3.16. The van der Waals surface area contributed by atoms with Gasteiger partial charge in [0.2, 0.25) is 5.13 Å². The molecule has 114 valence electrons. The zero-order valence-electron chi connectivity index (χ0n) is 11.4. The Hall–Kier alpha value is -1.03. The first-order chi connectivity index (χ1) is 9.87. The molecule has 1 aromatic carbocycles. The van der Waals surface area contributed by atoms with Crippen LogP contribution < -0.4 is 4.72 Å². The van der Waals surface area contributed by atoms with Crippen molar-refractivity contribution in [3.63, 3.8) is 0 Å². The number of anilines is 1. The van der Waals surface area contributed by atoms with Crippen LogP contribution in [0.25, 0.3) is 0 Å². The number of hydrogen-bond acceptors (Lipinski definition) is 6. The van der Waals surface area contributed by atoms with E-state index in [0.29, 0.717) is 16.5 Å². The van der Waals surface area contributed by atoms with E-state index in [9.17, 15) is 13.5 Å². The van der Waals surface area contributed by atoms with Crippen LogP contribution in [0.15, 0.2) is 21.5 Å².